The van der Waals surface area contributed by atoms with E-state index in [2.05, 4.69) is 16.6 Å². The van der Waals surface area contributed by atoms with Gasteiger partial charge in [0.15, 0.2) is 0 Å². The molecule has 0 amide bonds. The lowest BCUT2D eigenvalue weighted by molar-refractivity contribution is 0.456. The molecule has 1 aromatic rings. The number of rotatable bonds is 5. The molecule has 3 N–H and O–H groups in total. The van der Waals surface area contributed by atoms with Crippen LogP contribution >= 0.6 is 0 Å². The fourth-order valence-electron chi connectivity index (χ4n) is 1.54. The Balaban J connectivity index is 2.83. The molecule has 0 aliphatic rings. The molecule has 5 nitrogen and oxygen atoms in total. The van der Waals surface area contributed by atoms with Crippen molar-refractivity contribution in [3.8, 4) is 11.8 Å². The minimum atomic E-state index is -3.41. The van der Waals surface area contributed by atoms with Gasteiger partial charge in [0.25, 0.3) is 10.2 Å². The Morgan fingerprint density at radius 1 is 1.42 bits per heavy atom. The SMILES string of the molecule is CCNS(=O)(=O)N(C)Cc1cccc(C#CCN)c1. The normalized spacial score (nSPS) is 11.2. The smallest absolute Gasteiger partial charge is 0.279 e. The lowest BCUT2D eigenvalue weighted by atomic mass is 10.1. The van der Waals surface area contributed by atoms with Crippen molar-refractivity contribution in [2.24, 2.45) is 5.73 Å². The summed E-state index contributed by atoms with van der Waals surface area (Å²) in [5, 5.41) is 0. The van der Waals surface area contributed by atoms with Crippen LogP contribution in [-0.4, -0.2) is 32.9 Å². The Bertz CT molecular complexity index is 573. The van der Waals surface area contributed by atoms with E-state index in [0.29, 0.717) is 19.6 Å². The Labute approximate surface area is 115 Å². The molecule has 19 heavy (non-hydrogen) atoms. The molecular formula is C13H19N3O2S. The standard InChI is InChI=1S/C13H19N3O2S/c1-3-15-19(17,18)16(2)11-13-7-4-6-12(10-13)8-5-9-14/h4,6-7,10,15H,3,9,11,14H2,1-2H3. The van der Waals surface area contributed by atoms with Crippen LogP contribution in [0.3, 0.4) is 0 Å². The van der Waals surface area contributed by atoms with Gasteiger partial charge in [0, 0.05) is 25.7 Å². The van der Waals surface area contributed by atoms with Crippen LogP contribution in [0.5, 0.6) is 0 Å². The fraction of sp³-hybridized carbons (Fsp3) is 0.385. The van der Waals surface area contributed by atoms with Gasteiger partial charge in [-0.15, -0.1) is 0 Å². The first kappa shape index (κ1) is 15.7. The largest absolute Gasteiger partial charge is 0.320 e. The van der Waals surface area contributed by atoms with Crippen LogP contribution in [0.2, 0.25) is 0 Å². The van der Waals surface area contributed by atoms with Gasteiger partial charge in [-0.2, -0.15) is 12.7 Å². The van der Waals surface area contributed by atoms with E-state index in [1.54, 1.807) is 6.92 Å². The van der Waals surface area contributed by atoms with Gasteiger partial charge in [0.05, 0.1) is 6.54 Å². The summed E-state index contributed by atoms with van der Waals surface area (Å²) >= 11 is 0. The Kier molecular flexibility index (Phi) is 5.99. The molecule has 0 aliphatic heterocycles. The zero-order valence-electron chi connectivity index (χ0n) is 11.2. The van der Waals surface area contributed by atoms with Crippen LogP contribution in [0.25, 0.3) is 0 Å². The molecule has 0 fully saturated rings. The van der Waals surface area contributed by atoms with Crippen molar-refractivity contribution >= 4 is 10.2 Å². The van der Waals surface area contributed by atoms with Crippen LogP contribution in [0.1, 0.15) is 18.1 Å². The number of hydrogen-bond acceptors (Lipinski definition) is 3. The second kappa shape index (κ2) is 7.26. The summed E-state index contributed by atoms with van der Waals surface area (Å²) in [6.45, 7) is 2.72. The third kappa shape index (κ3) is 5.01. The molecule has 0 bridgehead atoms. The number of nitrogens with two attached hydrogens (primary N) is 1. The highest BCUT2D eigenvalue weighted by Crippen LogP contribution is 2.08. The van der Waals surface area contributed by atoms with Gasteiger partial charge in [0.2, 0.25) is 0 Å². The molecule has 0 unspecified atom stereocenters. The number of nitrogens with one attached hydrogen (secondary N) is 1. The van der Waals surface area contributed by atoms with Crippen LogP contribution in [0.4, 0.5) is 0 Å². The van der Waals surface area contributed by atoms with Crippen molar-refractivity contribution in [2.45, 2.75) is 13.5 Å². The maximum atomic E-state index is 11.8. The van der Waals surface area contributed by atoms with E-state index in [-0.39, 0.29) is 0 Å². The highest BCUT2D eigenvalue weighted by molar-refractivity contribution is 7.87. The van der Waals surface area contributed by atoms with Gasteiger partial charge in [0.1, 0.15) is 0 Å². The highest BCUT2D eigenvalue weighted by atomic mass is 32.2. The highest BCUT2D eigenvalue weighted by Gasteiger charge is 2.16. The molecule has 0 radical (unpaired) electrons. The van der Waals surface area contributed by atoms with Crippen molar-refractivity contribution in [3.05, 3.63) is 35.4 Å². The van der Waals surface area contributed by atoms with E-state index < -0.39 is 10.2 Å². The molecule has 0 atom stereocenters. The third-order valence-electron chi connectivity index (χ3n) is 2.40. The Morgan fingerprint density at radius 3 is 2.79 bits per heavy atom. The van der Waals surface area contributed by atoms with Gasteiger partial charge in [-0.25, -0.2) is 4.72 Å². The van der Waals surface area contributed by atoms with E-state index in [4.69, 9.17) is 5.73 Å². The molecule has 0 saturated heterocycles. The Hall–Kier alpha value is -1.39. The number of benzene rings is 1. The van der Waals surface area contributed by atoms with Crippen LogP contribution in [0.15, 0.2) is 24.3 Å². The third-order valence-corrected chi connectivity index (χ3v) is 4.01. The van der Waals surface area contributed by atoms with E-state index in [1.165, 1.54) is 11.4 Å². The number of nitrogens with zero attached hydrogens (tertiary/aromatic N) is 1. The van der Waals surface area contributed by atoms with Crippen LogP contribution in [-0.2, 0) is 16.8 Å². The summed E-state index contributed by atoms with van der Waals surface area (Å²) in [5.41, 5.74) is 7.03. The summed E-state index contributed by atoms with van der Waals surface area (Å²) in [6, 6.07) is 7.45. The molecule has 0 saturated carbocycles. The zero-order chi connectivity index (χ0) is 14.3. The predicted molar refractivity (Wildman–Crippen MR) is 76.4 cm³/mol. The van der Waals surface area contributed by atoms with E-state index in [0.717, 1.165) is 11.1 Å². The molecule has 6 heteroatoms. The first-order valence-corrected chi connectivity index (χ1v) is 7.42. The molecule has 0 aliphatic carbocycles. The van der Waals surface area contributed by atoms with Gasteiger partial charge in [-0.3, -0.25) is 0 Å². The van der Waals surface area contributed by atoms with Crippen molar-refractivity contribution in [2.75, 3.05) is 20.1 Å². The lowest BCUT2D eigenvalue weighted by Crippen LogP contribution is -2.37. The average Bonchev–Trinajstić information content (AvgIpc) is 2.36. The van der Waals surface area contributed by atoms with Crippen LogP contribution in [0, 0.1) is 11.8 Å². The maximum Gasteiger partial charge on any atom is 0.279 e. The van der Waals surface area contributed by atoms with E-state index in [1.807, 2.05) is 24.3 Å². The van der Waals surface area contributed by atoms with Crippen molar-refractivity contribution in [1.29, 1.82) is 0 Å². The maximum absolute atomic E-state index is 11.8. The van der Waals surface area contributed by atoms with Crippen molar-refractivity contribution in [1.82, 2.24) is 9.03 Å². The second-order valence-corrected chi connectivity index (χ2v) is 5.83. The summed E-state index contributed by atoms with van der Waals surface area (Å²) in [6.07, 6.45) is 0. The minimum absolute atomic E-state index is 0.299. The summed E-state index contributed by atoms with van der Waals surface area (Å²) < 4.78 is 27.2. The van der Waals surface area contributed by atoms with Gasteiger partial charge in [-0.05, 0) is 17.7 Å². The summed E-state index contributed by atoms with van der Waals surface area (Å²) in [7, 11) is -1.87. The zero-order valence-corrected chi connectivity index (χ0v) is 12.0. The molecular weight excluding hydrogens is 262 g/mol. The molecule has 0 spiro atoms. The van der Waals surface area contributed by atoms with Gasteiger partial charge < -0.3 is 5.73 Å². The molecule has 0 heterocycles. The summed E-state index contributed by atoms with van der Waals surface area (Å²) in [4.78, 5) is 0. The van der Waals surface area contributed by atoms with Gasteiger partial charge >= 0.3 is 0 Å². The van der Waals surface area contributed by atoms with Crippen molar-refractivity contribution < 1.29 is 8.42 Å². The molecule has 0 aromatic heterocycles. The Morgan fingerprint density at radius 2 is 2.16 bits per heavy atom. The first-order valence-electron chi connectivity index (χ1n) is 5.98. The quantitative estimate of drug-likeness (QED) is 0.761. The first-order chi connectivity index (χ1) is 8.99. The lowest BCUT2D eigenvalue weighted by Gasteiger charge is -2.17. The minimum Gasteiger partial charge on any atom is -0.320 e. The molecule has 1 rings (SSSR count). The van der Waals surface area contributed by atoms with Crippen molar-refractivity contribution in [3.63, 3.8) is 0 Å². The van der Waals surface area contributed by atoms with E-state index in [9.17, 15) is 8.42 Å². The predicted octanol–water partition coefficient (Wildman–Crippen LogP) is 0.283. The monoisotopic (exact) mass is 281 g/mol. The molecule has 104 valence electrons. The molecule has 1 aromatic carbocycles. The topological polar surface area (TPSA) is 75.4 Å². The van der Waals surface area contributed by atoms with E-state index >= 15 is 0 Å². The summed E-state index contributed by atoms with van der Waals surface area (Å²) in [5.74, 6) is 5.69. The number of hydrogen-bond donors (Lipinski definition) is 2. The average molecular weight is 281 g/mol. The van der Waals surface area contributed by atoms with Crippen LogP contribution < -0.4 is 10.5 Å². The second-order valence-electron chi connectivity index (χ2n) is 3.97. The fourth-order valence-corrected chi connectivity index (χ4v) is 2.44. The van der Waals surface area contributed by atoms with Gasteiger partial charge in [-0.1, -0.05) is 30.9 Å².